The van der Waals surface area contributed by atoms with Gasteiger partial charge in [-0.25, -0.2) is 4.98 Å². The molecule has 0 unspecified atom stereocenters. The van der Waals surface area contributed by atoms with Crippen LogP contribution in [-0.4, -0.2) is 58.1 Å². The van der Waals surface area contributed by atoms with E-state index in [2.05, 4.69) is 44.8 Å². The van der Waals surface area contributed by atoms with Crippen molar-refractivity contribution < 1.29 is 14.3 Å². The summed E-state index contributed by atoms with van der Waals surface area (Å²) in [5, 5.41) is 11.3. The molecule has 188 valence electrons. The van der Waals surface area contributed by atoms with E-state index in [1.165, 1.54) is 11.1 Å². The highest BCUT2D eigenvalue weighted by atomic mass is 16.5. The predicted octanol–water partition coefficient (Wildman–Crippen LogP) is 4.00. The molecule has 2 amide bonds. The van der Waals surface area contributed by atoms with Gasteiger partial charge in [-0.3, -0.25) is 14.7 Å². The lowest BCUT2D eigenvalue weighted by atomic mass is 9.96. The second-order valence-corrected chi connectivity index (χ2v) is 9.97. The maximum absolute atomic E-state index is 12.5. The van der Waals surface area contributed by atoms with Gasteiger partial charge >= 0.3 is 0 Å². The van der Waals surface area contributed by atoms with Crippen LogP contribution in [-0.2, 0) is 17.6 Å². The number of fused-ring (bicyclic) bond motifs is 3. The number of hydrogen-bond donors (Lipinski definition) is 2. The van der Waals surface area contributed by atoms with Crippen LogP contribution in [0.15, 0.2) is 48.7 Å². The molecule has 37 heavy (non-hydrogen) atoms. The molecule has 0 saturated carbocycles. The lowest BCUT2D eigenvalue weighted by Crippen LogP contribution is -2.36. The number of nitrogens with zero attached hydrogens (tertiary/aromatic N) is 3. The summed E-state index contributed by atoms with van der Waals surface area (Å²) < 4.78 is 5.80. The van der Waals surface area contributed by atoms with E-state index in [1.807, 2.05) is 37.1 Å². The number of carbonyl (C=O) groups is 2. The predicted molar refractivity (Wildman–Crippen MR) is 141 cm³/mol. The third-order valence-electron chi connectivity index (χ3n) is 7.22. The molecule has 2 aliphatic heterocycles. The third kappa shape index (κ3) is 4.33. The first kappa shape index (κ1) is 23.2. The van der Waals surface area contributed by atoms with Gasteiger partial charge < -0.3 is 15.0 Å². The van der Waals surface area contributed by atoms with E-state index >= 15 is 0 Å². The quantitative estimate of drug-likeness (QED) is 0.448. The van der Waals surface area contributed by atoms with Crippen LogP contribution in [0.4, 0.5) is 0 Å². The SMILES string of the molecule is CC(C)C(=O)N1CCc2ccc(-c3cnc4n[nH]c(-c5ccc6c(c5)OCCNC6=O)c4c3)cc2CC1. The van der Waals surface area contributed by atoms with Gasteiger partial charge in [-0.1, -0.05) is 38.1 Å². The van der Waals surface area contributed by atoms with E-state index in [0.29, 0.717) is 30.1 Å². The number of rotatable bonds is 3. The summed E-state index contributed by atoms with van der Waals surface area (Å²) in [6.45, 7) is 6.34. The smallest absolute Gasteiger partial charge is 0.255 e. The van der Waals surface area contributed by atoms with E-state index < -0.39 is 0 Å². The summed E-state index contributed by atoms with van der Waals surface area (Å²) >= 11 is 0. The van der Waals surface area contributed by atoms with Crippen molar-refractivity contribution in [1.29, 1.82) is 0 Å². The van der Waals surface area contributed by atoms with E-state index in [4.69, 9.17) is 4.74 Å². The Kier molecular flexibility index (Phi) is 5.87. The van der Waals surface area contributed by atoms with Gasteiger partial charge in [-0.2, -0.15) is 5.10 Å². The highest BCUT2D eigenvalue weighted by molar-refractivity contribution is 5.99. The second-order valence-electron chi connectivity index (χ2n) is 9.97. The fourth-order valence-corrected chi connectivity index (χ4v) is 5.17. The maximum Gasteiger partial charge on any atom is 0.255 e. The summed E-state index contributed by atoms with van der Waals surface area (Å²) in [4.78, 5) is 31.4. The molecule has 2 aromatic carbocycles. The van der Waals surface area contributed by atoms with Gasteiger partial charge in [0.1, 0.15) is 12.4 Å². The van der Waals surface area contributed by atoms with Gasteiger partial charge in [0, 0.05) is 41.7 Å². The normalized spacial score (nSPS) is 15.4. The molecule has 8 nitrogen and oxygen atoms in total. The average molecular weight is 496 g/mol. The van der Waals surface area contributed by atoms with E-state index in [0.717, 1.165) is 53.7 Å². The van der Waals surface area contributed by atoms with Crippen molar-refractivity contribution >= 4 is 22.8 Å². The first-order chi connectivity index (χ1) is 18.0. The Morgan fingerprint density at radius 3 is 2.65 bits per heavy atom. The molecule has 0 spiro atoms. The minimum atomic E-state index is -0.127. The highest BCUT2D eigenvalue weighted by Crippen LogP contribution is 2.33. The first-order valence-corrected chi connectivity index (χ1v) is 12.8. The van der Waals surface area contributed by atoms with Crippen LogP contribution in [0.2, 0.25) is 0 Å². The Bertz CT molecular complexity index is 1520. The largest absolute Gasteiger partial charge is 0.491 e. The molecule has 0 radical (unpaired) electrons. The number of H-pyrrole nitrogens is 1. The molecule has 0 saturated heterocycles. The molecule has 6 rings (SSSR count). The Hall–Kier alpha value is -4.20. The Balaban J connectivity index is 1.33. The number of amides is 2. The molecule has 4 aromatic rings. The van der Waals surface area contributed by atoms with Crippen molar-refractivity contribution in [3.8, 4) is 28.1 Å². The second kappa shape index (κ2) is 9.35. The number of aromatic amines is 1. The fraction of sp³-hybridized carbons (Fsp3) is 0.310. The molecular formula is C29H29N5O3. The molecule has 0 bridgehead atoms. The van der Waals surface area contributed by atoms with Crippen molar-refractivity contribution in [2.24, 2.45) is 5.92 Å². The van der Waals surface area contributed by atoms with Crippen LogP contribution < -0.4 is 10.1 Å². The first-order valence-electron chi connectivity index (χ1n) is 12.8. The summed E-state index contributed by atoms with van der Waals surface area (Å²) in [7, 11) is 0. The monoisotopic (exact) mass is 495 g/mol. The minimum Gasteiger partial charge on any atom is -0.491 e. The minimum absolute atomic E-state index is 0.0157. The number of ether oxygens (including phenoxy) is 1. The Labute approximate surface area is 215 Å². The van der Waals surface area contributed by atoms with Gasteiger partial charge in [0.05, 0.1) is 17.8 Å². The number of pyridine rings is 1. The number of benzene rings is 2. The average Bonchev–Trinajstić information content (AvgIpc) is 3.09. The molecule has 2 N–H and O–H groups in total. The van der Waals surface area contributed by atoms with Crippen LogP contribution in [0.1, 0.15) is 35.3 Å². The zero-order chi connectivity index (χ0) is 25.5. The zero-order valence-corrected chi connectivity index (χ0v) is 21.0. The van der Waals surface area contributed by atoms with E-state index in [-0.39, 0.29) is 17.7 Å². The van der Waals surface area contributed by atoms with Gasteiger partial charge in [-0.15, -0.1) is 0 Å². The van der Waals surface area contributed by atoms with Crippen LogP contribution in [0.3, 0.4) is 0 Å². The van der Waals surface area contributed by atoms with E-state index in [1.54, 1.807) is 6.07 Å². The zero-order valence-electron chi connectivity index (χ0n) is 21.0. The van der Waals surface area contributed by atoms with Crippen molar-refractivity contribution in [2.75, 3.05) is 26.2 Å². The maximum atomic E-state index is 12.5. The summed E-state index contributed by atoms with van der Waals surface area (Å²) in [6, 6.07) is 14.2. The molecular weight excluding hydrogens is 466 g/mol. The molecule has 0 aliphatic carbocycles. The Morgan fingerprint density at radius 2 is 1.81 bits per heavy atom. The van der Waals surface area contributed by atoms with Crippen molar-refractivity contribution in [1.82, 2.24) is 25.4 Å². The Morgan fingerprint density at radius 1 is 1.00 bits per heavy atom. The molecule has 8 heteroatoms. The summed E-state index contributed by atoms with van der Waals surface area (Å²) in [6.07, 6.45) is 3.57. The molecule has 2 aliphatic rings. The van der Waals surface area contributed by atoms with Gasteiger partial charge in [-0.05, 0) is 47.7 Å². The van der Waals surface area contributed by atoms with Crippen LogP contribution in [0, 0.1) is 5.92 Å². The third-order valence-corrected chi connectivity index (χ3v) is 7.22. The highest BCUT2D eigenvalue weighted by Gasteiger charge is 2.22. The van der Waals surface area contributed by atoms with Crippen molar-refractivity contribution in [3.05, 3.63) is 65.4 Å². The molecule has 4 heterocycles. The van der Waals surface area contributed by atoms with Crippen LogP contribution >= 0.6 is 0 Å². The number of carbonyl (C=O) groups excluding carboxylic acids is 2. The number of nitrogens with one attached hydrogen (secondary N) is 2. The molecule has 0 fully saturated rings. The van der Waals surface area contributed by atoms with Crippen molar-refractivity contribution in [2.45, 2.75) is 26.7 Å². The number of hydrogen-bond acceptors (Lipinski definition) is 5. The van der Waals surface area contributed by atoms with Gasteiger partial charge in [0.15, 0.2) is 5.65 Å². The fourth-order valence-electron chi connectivity index (χ4n) is 5.17. The standard InChI is InChI=1S/C29H29N5O3/c1-17(2)29(36)34-10-7-18-3-4-19(13-20(18)8-11-34)22-14-24-26(32-33-27(24)31-16-22)21-5-6-23-25(15-21)37-12-9-30-28(23)35/h3-6,13-17H,7-12H2,1-2H3,(H,30,35)(H,31,32,33). The summed E-state index contributed by atoms with van der Waals surface area (Å²) in [5.41, 5.74) is 7.55. The summed E-state index contributed by atoms with van der Waals surface area (Å²) in [5.74, 6) is 0.675. The molecule has 0 atom stereocenters. The lowest BCUT2D eigenvalue weighted by Gasteiger charge is -2.22. The number of aromatic nitrogens is 3. The lowest BCUT2D eigenvalue weighted by molar-refractivity contribution is -0.134. The van der Waals surface area contributed by atoms with Gasteiger partial charge in [0.2, 0.25) is 5.91 Å². The van der Waals surface area contributed by atoms with Crippen LogP contribution in [0.5, 0.6) is 5.75 Å². The van der Waals surface area contributed by atoms with Crippen molar-refractivity contribution in [3.63, 3.8) is 0 Å². The molecule has 2 aromatic heterocycles. The van der Waals surface area contributed by atoms with Gasteiger partial charge in [0.25, 0.3) is 5.91 Å². The topological polar surface area (TPSA) is 100 Å². The van der Waals surface area contributed by atoms with E-state index in [9.17, 15) is 9.59 Å². The van der Waals surface area contributed by atoms with Crippen LogP contribution in [0.25, 0.3) is 33.4 Å².